The molecule has 13 nitrogen and oxygen atoms in total. The van der Waals surface area contributed by atoms with E-state index in [1.165, 1.54) is 30.3 Å². The Kier molecular flexibility index (Phi) is 8.80. The first-order valence-corrected chi connectivity index (χ1v) is 15.0. The summed E-state index contributed by atoms with van der Waals surface area (Å²) in [4.78, 5) is 76.2. The molecule has 4 fully saturated rings. The number of carbonyl (C=O) groups is 5. The molecule has 2 heterocycles. The average Bonchev–Trinajstić information content (AvgIpc) is 3.39. The summed E-state index contributed by atoms with van der Waals surface area (Å²) in [6.45, 7) is 1.40. The number of rotatable bonds is 11. The Morgan fingerprint density at radius 3 is 2.38 bits per heavy atom. The van der Waals surface area contributed by atoms with E-state index in [2.05, 4.69) is 30.9 Å². The molecule has 4 bridgehead atoms. The second-order valence-corrected chi connectivity index (χ2v) is 12.4. The molecule has 2 aromatic heterocycles. The fourth-order valence-electron chi connectivity index (χ4n) is 6.98. The molecule has 4 saturated carbocycles. The Bertz CT molecular complexity index is 1420. The molecule has 4 N–H and O–H groups in total. The number of Topliss-reactive ketones (excluding diaryl/α,β-unsaturated/α-hetero) is 1. The topological polar surface area (TPSA) is 181 Å². The minimum atomic E-state index is -1.25. The van der Waals surface area contributed by atoms with E-state index < -0.39 is 35.1 Å². The van der Waals surface area contributed by atoms with Gasteiger partial charge in [-0.25, -0.2) is 0 Å². The smallest absolute Gasteiger partial charge is 0.287 e. The molecule has 42 heavy (non-hydrogen) atoms. The number of ketones is 1. The molecule has 6 rings (SSSR count). The number of nitrogens with one attached hydrogen (secondary N) is 4. The molecule has 4 amide bonds. The number of nitrogens with zero attached hydrogens (tertiary/aromatic N) is 3. The Hall–Kier alpha value is -3.94. The van der Waals surface area contributed by atoms with Gasteiger partial charge < -0.3 is 25.8 Å². The van der Waals surface area contributed by atoms with Gasteiger partial charge in [-0.05, 0) is 92.8 Å². The summed E-state index contributed by atoms with van der Waals surface area (Å²) in [6, 6.07) is 1.84. The van der Waals surface area contributed by atoms with E-state index in [4.69, 9.17) is 0 Å². The summed E-state index contributed by atoms with van der Waals surface area (Å²) in [5.74, 6) is -0.640. The van der Waals surface area contributed by atoms with Gasteiger partial charge in [-0.3, -0.25) is 28.8 Å². The van der Waals surface area contributed by atoms with Crippen LogP contribution in [0.3, 0.4) is 0 Å². The SMILES string of the molecule is CNC(=O)C(=O)CC[C@H](NC(=O)c1snnc1C)C(=O)Nc1cccn(CC(=O)NC2C3CC4CC(C3)CC2C4)c1=O. The van der Waals surface area contributed by atoms with Gasteiger partial charge in [0.2, 0.25) is 17.6 Å². The van der Waals surface area contributed by atoms with Gasteiger partial charge in [0.1, 0.15) is 23.2 Å². The number of anilines is 1. The molecule has 4 aliphatic carbocycles. The number of hydrogen-bond acceptors (Lipinski definition) is 9. The fourth-order valence-corrected chi connectivity index (χ4v) is 7.54. The number of aryl methyl sites for hydroxylation is 1. The molecule has 0 spiro atoms. The summed E-state index contributed by atoms with van der Waals surface area (Å²) < 4.78 is 4.95. The van der Waals surface area contributed by atoms with Crippen LogP contribution in [-0.2, 0) is 25.7 Å². The standard InChI is InChI=1S/C28H35N7O6S/c1-14-24(42-34-33-14)27(40)30-19(5-6-21(36)26(39)29-2)25(38)31-20-4-3-7-35(28(20)41)13-22(37)32-23-17-9-15-8-16(11-17)12-18(23)10-15/h3-4,7,15-19,23H,5-6,8-13H2,1-2H3,(H,29,39)(H,30,40)(H,31,38)(H,32,37)/t15?,16?,17?,18?,19-,23?/m0/s1. The van der Waals surface area contributed by atoms with Gasteiger partial charge in [0.25, 0.3) is 17.4 Å². The molecule has 14 heteroatoms. The second-order valence-electron chi connectivity index (χ2n) is 11.6. The zero-order chi connectivity index (χ0) is 30.0. The van der Waals surface area contributed by atoms with Crippen LogP contribution in [0.5, 0.6) is 0 Å². The van der Waals surface area contributed by atoms with E-state index >= 15 is 0 Å². The molecule has 0 radical (unpaired) electrons. The van der Waals surface area contributed by atoms with Crippen molar-refractivity contribution in [2.24, 2.45) is 23.7 Å². The van der Waals surface area contributed by atoms with E-state index in [1.54, 1.807) is 13.0 Å². The predicted octanol–water partition coefficient (Wildman–Crippen LogP) is 0.782. The van der Waals surface area contributed by atoms with Crippen molar-refractivity contribution in [3.05, 3.63) is 39.3 Å². The first kappa shape index (κ1) is 29.5. The molecule has 4 aliphatic rings. The maximum absolute atomic E-state index is 13.3. The highest BCUT2D eigenvalue weighted by Crippen LogP contribution is 2.53. The Balaban J connectivity index is 1.25. The molecule has 0 unspecified atom stereocenters. The van der Waals surface area contributed by atoms with Crippen LogP contribution in [0, 0.1) is 30.6 Å². The predicted molar refractivity (Wildman–Crippen MR) is 153 cm³/mol. The van der Waals surface area contributed by atoms with Gasteiger partial charge in [-0.1, -0.05) is 4.49 Å². The molecule has 0 aliphatic heterocycles. The van der Waals surface area contributed by atoms with Crippen molar-refractivity contribution in [1.29, 1.82) is 0 Å². The van der Waals surface area contributed by atoms with Crippen molar-refractivity contribution in [1.82, 2.24) is 30.1 Å². The largest absolute Gasteiger partial charge is 0.353 e. The molecule has 1 atom stereocenters. The normalized spacial score (nSPS) is 24.5. The zero-order valence-corrected chi connectivity index (χ0v) is 24.4. The van der Waals surface area contributed by atoms with Crippen LogP contribution < -0.4 is 26.8 Å². The third-order valence-corrected chi connectivity index (χ3v) is 9.59. The van der Waals surface area contributed by atoms with Crippen molar-refractivity contribution in [2.45, 2.75) is 70.5 Å². The third-order valence-electron chi connectivity index (χ3n) is 8.77. The Morgan fingerprint density at radius 2 is 1.76 bits per heavy atom. The molecular formula is C28H35N7O6S. The minimum Gasteiger partial charge on any atom is -0.353 e. The van der Waals surface area contributed by atoms with E-state index in [-0.39, 0.29) is 41.9 Å². The highest BCUT2D eigenvalue weighted by molar-refractivity contribution is 7.08. The lowest BCUT2D eigenvalue weighted by Crippen LogP contribution is -2.56. The quantitative estimate of drug-likeness (QED) is 0.274. The van der Waals surface area contributed by atoms with Gasteiger partial charge in [0.15, 0.2) is 0 Å². The molecule has 0 aromatic carbocycles. The van der Waals surface area contributed by atoms with E-state index in [0.717, 1.165) is 49.1 Å². The van der Waals surface area contributed by atoms with E-state index in [9.17, 15) is 28.8 Å². The van der Waals surface area contributed by atoms with Gasteiger partial charge in [0.05, 0.1) is 5.69 Å². The first-order valence-electron chi connectivity index (χ1n) is 14.3. The van der Waals surface area contributed by atoms with Gasteiger partial charge in [-0.2, -0.15) is 0 Å². The maximum atomic E-state index is 13.3. The summed E-state index contributed by atoms with van der Waals surface area (Å²) in [5.41, 5.74) is -0.298. The number of carbonyl (C=O) groups excluding carboxylic acids is 5. The number of amides is 4. The zero-order valence-electron chi connectivity index (χ0n) is 23.6. The number of pyridine rings is 1. The highest BCUT2D eigenvalue weighted by atomic mass is 32.1. The van der Waals surface area contributed by atoms with Gasteiger partial charge >= 0.3 is 0 Å². The van der Waals surface area contributed by atoms with Gasteiger partial charge in [0, 0.05) is 25.7 Å². The van der Waals surface area contributed by atoms with Crippen molar-refractivity contribution < 1.29 is 24.0 Å². The molecule has 224 valence electrons. The number of hydrogen-bond donors (Lipinski definition) is 4. The van der Waals surface area contributed by atoms with Crippen molar-refractivity contribution >= 4 is 46.6 Å². The molecule has 0 saturated heterocycles. The highest BCUT2D eigenvalue weighted by Gasteiger charge is 2.48. The van der Waals surface area contributed by atoms with Crippen LogP contribution in [0.4, 0.5) is 5.69 Å². The first-order chi connectivity index (χ1) is 20.1. The minimum absolute atomic E-state index is 0.0857. The summed E-state index contributed by atoms with van der Waals surface area (Å²) in [5, 5.41) is 14.3. The maximum Gasteiger partial charge on any atom is 0.287 e. The number of aromatic nitrogens is 3. The Labute approximate surface area is 246 Å². The Morgan fingerprint density at radius 1 is 1.07 bits per heavy atom. The lowest BCUT2D eigenvalue weighted by Gasteiger charge is -2.54. The average molecular weight is 598 g/mol. The van der Waals surface area contributed by atoms with Crippen molar-refractivity contribution in [3.63, 3.8) is 0 Å². The third kappa shape index (κ3) is 6.42. The van der Waals surface area contributed by atoms with Crippen LogP contribution in [0.15, 0.2) is 23.1 Å². The number of likely N-dealkylation sites (N-methyl/N-ethyl adjacent to an activating group) is 1. The summed E-state index contributed by atoms with van der Waals surface area (Å²) in [7, 11) is 1.31. The second kappa shape index (κ2) is 12.5. The van der Waals surface area contributed by atoms with Crippen molar-refractivity contribution in [3.8, 4) is 0 Å². The lowest BCUT2D eigenvalue weighted by atomic mass is 9.54. The van der Waals surface area contributed by atoms with E-state index in [0.29, 0.717) is 17.5 Å². The summed E-state index contributed by atoms with van der Waals surface area (Å²) >= 11 is 0.851. The van der Waals surface area contributed by atoms with Crippen LogP contribution in [0.25, 0.3) is 0 Å². The monoisotopic (exact) mass is 597 g/mol. The van der Waals surface area contributed by atoms with Crippen LogP contribution in [0.2, 0.25) is 0 Å². The summed E-state index contributed by atoms with van der Waals surface area (Å²) in [6.07, 6.45) is 6.92. The van der Waals surface area contributed by atoms with Crippen LogP contribution >= 0.6 is 11.5 Å². The van der Waals surface area contributed by atoms with Gasteiger partial charge in [-0.15, -0.1) is 5.10 Å². The van der Waals surface area contributed by atoms with Crippen molar-refractivity contribution in [2.75, 3.05) is 12.4 Å². The molecular weight excluding hydrogens is 562 g/mol. The van der Waals surface area contributed by atoms with E-state index in [1.807, 2.05) is 0 Å². The molecule has 2 aromatic rings. The fraction of sp³-hybridized carbons (Fsp3) is 0.571. The van der Waals surface area contributed by atoms with Crippen LogP contribution in [-0.4, -0.2) is 62.7 Å². The van der Waals surface area contributed by atoms with Crippen LogP contribution in [0.1, 0.15) is 60.3 Å². The lowest BCUT2D eigenvalue weighted by molar-refractivity contribution is -0.137.